The van der Waals surface area contributed by atoms with Crippen LogP contribution in [0.3, 0.4) is 0 Å². The number of sulfone groups is 1. The molecule has 0 radical (unpaired) electrons. The smallest absolute Gasteiger partial charge is 0.210 e. The third-order valence-electron chi connectivity index (χ3n) is 3.27. The Hall–Kier alpha value is -1.85. The molecule has 1 atom stereocenters. The van der Waals surface area contributed by atoms with E-state index < -0.39 is 9.84 Å². The number of aryl methyl sites for hydroxylation is 1. The lowest BCUT2D eigenvalue weighted by Gasteiger charge is -2.11. The molecule has 0 saturated carbocycles. The van der Waals surface area contributed by atoms with Gasteiger partial charge in [0.05, 0.1) is 11.5 Å². The van der Waals surface area contributed by atoms with Crippen molar-refractivity contribution < 1.29 is 17.9 Å². The molecule has 1 fully saturated rings. The minimum absolute atomic E-state index is 0.0831. The van der Waals surface area contributed by atoms with Crippen LogP contribution in [0.25, 0.3) is 0 Å². The van der Waals surface area contributed by atoms with Crippen LogP contribution in [0.4, 0.5) is 0 Å². The number of hydrogen-bond acceptors (Lipinski definition) is 4. The highest BCUT2D eigenvalue weighted by Gasteiger charge is 2.26. The van der Waals surface area contributed by atoms with Crippen LogP contribution in [0.5, 0.6) is 5.75 Å². The Morgan fingerprint density at radius 2 is 1.95 bits per heavy atom. The van der Waals surface area contributed by atoms with Crippen LogP contribution in [0.2, 0.25) is 0 Å². The van der Waals surface area contributed by atoms with Crippen molar-refractivity contribution in [1.29, 1.82) is 0 Å². The summed E-state index contributed by atoms with van der Waals surface area (Å²) in [6.45, 7) is 2.92. The van der Waals surface area contributed by atoms with E-state index >= 15 is 0 Å². The summed E-state index contributed by atoms with van der Waals surface area (Å²) in [6.07, 6.45) is 0.0831. The zero-order chi connectivity index (χ0) is 14.9. The SMILES string of the molecule is Cc1cccc(S(=O)(=O)c2ccccc2OCC2CO2)c1. The van der Waals surface area contributed by atoms with Gasteiger partial charge in [0, 0.05) is 0 Å². The fraction of sp³-hybridized carbons (Fsp3) is 0.250. The fourth-order valence-electron chi connectivity index (χ4n) is 2.05. The Morgan fingerprint density at radius 3 is 2.67 bits per heavy atom. The molecular formula is C16H16O4S. The van der Waals surface area contributed by atoms with Gasteiger partial charge in [-0.05, 0) is 36.8 Å². The Morgan fingerprint density at radius 1 is 1.19 bits per heavy atom. The van der Waals surface area contributed by atoms with Gasteiger partial charge in [-0.2, -0.15) is 0 Å². The molecule has 21 heavy (non-hydrogen) atoms. The zero-order valence-corrected chi connectivity index (χ0v) is 12.5. The van der Waals surface area contributed by atoms with Gasteiger partial charge in [0.2, 0.25) is 9.84 Å². The lowest BCUT2D eigenvalue weighted by molar-refractivity contribution is 0.258. The monoisotopic (exact) mass is 304 g/mol. The maximum absolute atomic E-state index is 12.8. The normalized spacial score (nSPS) is 17.5. The molecule has 1 heterocycles. The molecule has 1 saturated heterocycles. The van der Waals surface area contributed by atoms with Crippen molar-refractivity contribution in [2.45, 2.75) is 22.8 Å². The first-order valence-electron chi connectivity index (χ1n) is 6.72. The van der Waals surface area contributed by atoms with Crippen LogP contribution in [-0.2, 0) is 14.6 Å². The van der Waals surface area contributed by atoms with Crippen molar-refractivity contribution in [1.82, 2.24) is 0 Å². The van der Waals surface area contributed by atoms with E-state index in [4.69, 9.17) is 9.47 Å². The second-order valence-electron chi connectivity index (χ2n) is 5.03. The van der Waals surface area contributed by atoms with Gasteiger partial charge in [-0.25, -0.2) is 8.42 Å². The van der Waals surface area contributed by atoms with E-state index in [-0.39, 0.29) is 15.9 Å². The molecule has 1 aliphatic rings. The maximum atomic E-state index is 12.8. The van der Waals surface area contributed by atoms with E-state index in [1.165, 1.54) is 0 Å². The van der Waals surface area contributed by atoms with Crippen LogP contribution < -0.4 is 4.74 Å². The molecule has 3 rings (SSSR count). The van der Waals surface area contributed by atoms with Crippen molar-refractivity contribution in [2.24, 2.45) is 0 Å². The first-order valence-corrected chi connectivity index (χ1v) is 8.21. The van der Waals surface area contributed by atoms with Crippen LogP contribution in [-0.4, -0.2) is 27.7 Å². The molecular weight excluding hydrogens is 288 g/mol. The summed E-state index contributed by atoms with van der Waals surface area (Å²) in [5, 5.41) is 0. The molecule has 0 aromatic heterocycles. The first-order chi connectivity index (χ1) is 10.1. The van der Waals surface area contributed by atoms with Crippen molar-refractivity contribution in [2.75, 3.05) is 13.2 Å². The average molecular weight is 304 g/mol. The van der Waals surface area contributed by atoms with Gasteiger partial charge < -0.3 is 9.47 Å². The van der Waals surface area contributed by atoms with Gasteiger partial charge in [-0.1, -0.05) is 24.3 Å². The molecule has 4 nitrogen and oxygen atoms in total. The number of hydrogen-bond donors (Lipinski definition) is 0. The van der Waals surface area contributed by atoms with E-state index in [1.54, 1.807) is 42.5 Å². The van der Waals surface area contributed by atoms with Crippen LogP contribution >= 0.6 is 0 Å². The van der Waals surface area contributed by atoms with E-state index in [0.29, 0.717) is 19.0 Å². The van der Waals surface area contributed by atoms with Gasteiger partial charge in [-0.15, -0.1) is 0 Å². The molecule has 1 unspecified atom stereocenters. The molecule has 110 valence electrons. The van der Waals surface area contributed by atoms with E-state index in [0.717, 1.165) is 5.56 Å². The summed E-state index contributed by atoms with van der Waals surface area (Å²) in [4.78, 5) is 0.470. The quantitative estimate of drug-likeness (QED) is 0.797. The predicted molar refractivity (Wildman–Crippen MR) is 78.3 cm³/mol. The van der Waals surface area contributed by atoms with Crippen molar-refractivity contribution in [3.05, 3.63) is 54.1 Å². The maximum Gasteiger partial charge on any atom is 0.210 e. The number of ether oxygens (including phenoxy) is 2. The molecule has 1 aliphatic heterocycles. The summed E-state index contributed by atoms with van der Waals surface area (Å²) in [7, 11) is -3.59. The summed E-state index contributed by atoms with van der Waals surface area (Å²) in [6, 6.07) is 13.6. The number of benzene rings is 2. The molecule has 5 heteroatoms. The molecule has 0 bridgehead atoms. The van der Waals surface area contributed by atoms with Gasteiger partial charge in [-0.3, -0.25) is 0 Å². The second kappa shape index (κ2) is 5.50. The molecule has 0 N–H and O–H groups in total. The summed E-state index contributed by atoms with van der Waals surface area (Å²) in [5.41, 5.74) is 0.904. The lowest BCUT2D eigenvalue weighted by Crippen LogP contribution is -2.09. The molecule has 0 spiro atoms. The summed E-state index contributed by atoms with van der Waals surface area (Å²) < 4.78 is 36.2. The molecule has 0 amide bonds. The van der Waals surface area contributed by atoms with Crippen LogP contribution in [0.1, 0.15) is 5.56 Å². The highest BCUT2D eigenvalue weighted by atomic mass is 32.2. The van der Waals surface area contributed by atoms with E-state index in [9.17, 15) is 8.42 Å². The molecule has 0 aliphatic carbocycles. The Balaban J connectivity index is 1.98. The summed E-state index contributed by atoms with van der Waals surface area (Å²) in [5.74, 6) is 0.370. The van der Waals surface area contributed by atoms with Crippen molar-refractivity contribution >= 4 is 9.84 Å². The highest BCUT2D eigenvalue weighted by molar-refractivity contribution is 7.91. The average Bonchev–Trinajstić information content (AvgIpc) is 3.29. The topological polar surface area (TPSA) is 55.9 Å². The lowest BCUT2D eigenvalue weighted by atomic mass is 10.2. The standard InChI is InChI=1S/C16H16O4S/c1-12-5-4-6-14(9-12)21(17,18)16-8-3-2-7-15(16)20-11-13-10-19-13/h2-9,13H,10-11H2,1H3. The Kier molecular flexibility index (Phi) is 3.69. The molecule has 2 aromatic rings. The van der Waals surface area contributed by atoms with Crippen LogP contribution in [0, 0.1) is 6.92 Å². The number of epoxide rings is 1. The number of para-hydroxylation sites is 1. The third kappa shape index (κ3) is 3.09. The molecule has 2 aromatic carbocycles. The number of rotatable bonds is 5. The zero-order valence-electron chi connectivity index (χ0n) is 11.7. The fourth-order valence-corrected chi connectivity index (χ4v) is 3.55. The van der Waals surface area contributed by atoms with Gasteiger partial charge >= 0.3 is 0 Å². The van der Waals surface area contributed by atoms with Crippen LogP contribution in [0.15, 0.2) is 58.3 Å². The Labute approximate surface area is 124 Å². The van der Waals surface area contributed by atoms with Crippen molar-refractivity contribution in [3.8, 4) is 5.75 Å². The van der Waals surface area contributed by atoms with Gasteiger partial charge in [0.15, 0.2) is 0 Å². The third-order valence-corrected chi connectivity index (χ3v) is 5.06. The minimum atomic E-state index is -3.59. The summed E-state index contributed by atoms with van der Waals surface area (Å²) >= 11 is 0. The largest absolute Gasteiger partial charge is 0.489 e. The highest BCUT2D eigenvalue weighted by Crippen LogP contribution is 2.30. The Bertz CT molecular complexity index is 748. The predicted octanol–water partition coefficient (Wildman–Crippen LogP) is 2.61. The van der Waals surface area contributed by atoms with E-state index in [2.05, 4.69) is 0 Å². The van der Waals surface area contributed by atoms with Gasteiger partial charge in [0.1, 0.15) is 23.4 Å². The van der Waals surface area contributed by atoms with E-state index in [1.807, 2.05) is 13.0 Å². The van der Waals surface area contributed by atoms with Crippen molar-refractivity contribution in [3.63, 3.8) is 0 Å². The minimum Gasteiger partial charge on any atom is -0.489 e. The van der Waals surface area contributed by atoms with Gasteiger partial charge in [0.25, 0.3) is 0 Å². The first kappa shape index (κ1) is 14.1. The second-order valence-corrected chi connectivity index (χ2v) is 6.95.